The standard InChI is InChI=1S/C16H21N3O3/c20-15(17-18-16(21)14-8-4-10-22-14)11-19-9-3-6-12-5-1-2-7-13(12)19/h1-2,5,7,14H,3-4,6,8-11H2,(H,17,20)(H,18,21)/t14-/m1/s1. The quantitative estimate of drug-likeness (QED) is 0.809. The van der Waals surface area contributed by atoms with Crippen molar-refractivity contribution in [2.24, 2.45) is 0 Å². The van der Waals surface area contributed by atoms with E-state index in [4.69, 9.17) is 4.74 Å². The molecule has 1 aromatic carbocycles. The predicted molar refractivity (Wildman–Crippen MR) is 82.2 cm³/mol. The Labute approximate surface area is 129 Å². The molecule has 1 aromatic rings. The Balaban J connectivity index is 1.51. The van der Waals surface area contributed by atoms with Gasteiger partial charge < -0.3 is 9.64 Å². The molecule has 6 nitrogen and oxygen atoms in total. The average molecular weight is 303 g/mol. The number of carbonyl (C=O) groups excluding carboxylic acids is 2. The number of rotatable bonds is 3. The summed E-state index contributed by atoms with van der Waals surface area (Å²) in [6.45, 7) is 1.70. The van der Waals surface area contributed by atoms with E-state index in [-0.39, 0.29) is 18.4 Å². The Hall–Kier alpha value is -2.08. The number of ether oxygens (including phenoxy) is 1. The van der Waals surface area contributed by atoms with Crippen LogP contribution in [-0.2, 0) is 20.7 Å². The zero-order chi connectivity index (χ0) is 15.4. The highest BCUT2D eigenvalue weighted by Gasteiger charge is 2.24. The number of nitrogens with one attached hydrogen (secondary N) is 2. The third-order valence-electron chi connectivity index (χ3n) is 4.09. The van der Waals surface area contributed by atoms with Crippen molar-refractivity contribution in [2.45, 2.75) is 31.8 Å². The molecule has 0 bridgehead atoms. The number of nitrogens with zero attached hydrogens (tertiary/aromatic N) is 1. The van der Waals surface area contributed by atoms with Crippen LogP contribution in [0.2, 0.25) is 0 Å². The zero-order valence-corrected chi connectivity index (χ0v) is 12.5. The van der Waals surface area contributed by atoms with Crippen LogP contribution in [0.3, 0.4) is 0 Å². The topological polar surface area (TPSA) is 70.7 Å². The molecule has 1 atom stereocenters. The van der Waals surface area contributed by atoms with Gasteiger partial charge in [0.2, 0.25) is 0 Å². The lowest BCUT2D eigenvalue weighted by Crippen LogP contribution is -2.50. The molecular weight excluding hydrogens is 282 g/mol. The molecule has 2 amide bonds. The lowest BCUT2D eigenvalue weighted by atomic mass is 10.0. The number of anilines is 1. The monoisotopic (exact) mass is 303 g/mol. The van der Waals surface area contributed by atoms with Crippen LogP contribution in [-0.4, -0.2) is 37.6 Å². The minimum atomic E-state index is -0.434. The lowest BCUT2D eigenvalue weighted by molar-refractivity contribution is -0.134. The van der Waals surface area contributed by atoms with Gasteiger partial charge in [-0.25, -0.2) is 0 Å². The van der Waals surface area contributed by atoms with Gasteiger partial charge in [0.15, 0.2) is 0 Å². The van der Waals surface area contributed by atoms with Gasteiger partial charge in [-0.1, -0.05) is 18.2 Å². The van der Waals surface area contributed by atoms with Crippen LogP contribution >= 0.6 is 0 Å². The molecule has 1 saturated heterocycles. The average Bonchev–Trinajstić information content (AvgIpc) is 3.07. The van der Waals surface area contributed by atoms with Crippen LogP contribution in [0.5, 0.6) is 0 Å². The first-order chi connectivity index (χ1) is 10.7. The Bertz CT molecular complexity index is 555. The molecule has 2 aliphatic rings. The summed E-state index contributed by atoms with van der Waals surface area (Å²) in [6, 6.07) is 8.13. The van der Waals surface area contributed by atoms with Gasteiger partial charge in [-0.2, -0.15) is 0 Å². The summed E-state index contributed by atoms with van der Waals surface area (Å²) in [4.78, 5) is 25.9. The predicted octanol–water partition coefficient (Wildman–Crippen LogP) is 0.766. The van der Waals surface area contributed by atoms with Gasteiger partial charge in [0.05, 0.1) is 6.54 Å². The van der Waals surface area contributed by atoms with Gasteiger partial charge >= 0.3 is 0 Å². The van der Waals surface area contributed by atoms with Crippen LogP contribution in [0, 0.1) is 0 Å². The van der Waals surface area contributed by atoms with E-state index in [1.165, 1.54) is 5.56 Å². The van der Waals surface area contributed by atoms with E-state index in [1.807, 2.05) is 23.1 Å². The highest BCUT2D eigenvalue weighted by atomic mass is 16.5. The fraction of sp³-hybridized carbons (Fsp3) is 0.500. The normalized spacial score (nSPS) is 20.4. The molecular formula is C16H21N3O3. The molecule has 2 heterocycles. The van der Waals surface area contributed by atoms with E-state index >= 15 is 0 Å². The molecule has 0 radical (unpaired) electrons. The fourth-order valence-corrected chi connectivity index (χ4v) is 2.98. The van der Waals surface area contributed by atoms with Crippen molar-refractivity contribution >= 4 is 17.5 Å². The second-order valence-electron chi connectivity index (χ2n) is 5.69. The first-order valence-electron chi connectivity index (χ1n) is 7.77. The van der Waals surface area contributed by atoms with Crippen LogP contribution in [0.4, 0.5) is 5.69 Å². The molecule has 0 aromatic heterocycles. The van der Waals surface area contributed by atoms with E-state index in [1.54, 1.807) is 0 Å². The van der Waals surface area contributed by atoms with E-state index in [2.05, 4.69) is 16.9 Å². The summed E-state index contributed by atoms with van der Waals surface area (Å²) in [5.74, 6) is -0.493. The smallest absolute Gasteiger partial charge is 0.267 e. The first kappa shape index (κ1) is 14.8. The second kappa shape index (κ2) is 6.79. The minimum Gasteiger partial charge on any atom is -0.368 e. The Morgan fingerprint density at radius 1 is 1.23 bits per heavy atom. The highest BCUT2D eigenvalue weighted by molar-refractivity contribution is 5.86. The maximum absolute atomic E-state index is 12.0. The summed E-state index contributed by atoms with van der Waals surface area (Å²) in [6.07, 6.45) is 3.24. The molecule has 118 valence electrons. The number of hydrogen-bond acceptors (Lipinski definition) is 4. The highest BCUT2D eigenvalue weighted by Crippen LogP contribution is 2.26. The molecule has 2 N–H and O–H groups in total. The zero-order valence-electron chi connectivity index (χ0n) is 12.5. The van der Waals surface area contributed by atoms with Gasteiger partial charge in [-0.15, -0.1) is 0 Å². The largest absolute Gasteiger partial charge is 0.368 e. The maximum Gasteiger partial charge on any atom is 0.267 e. The number of amides is 2. The number of hydrogen-bond donors (Lipinski definition) is 2. The van der Waals surface area contributed by atoms with Gasteiger partial charge in [-0.05, 0) is 37.3 Å². The van der Waals surface area contributed by atoms with Crippen molar-refractivity contribution in [3.05, 3.63) is 29.8 Å². The van der Waals surface area contributed by atoms with Crippen molar-refractivity contribution in [1.82, 2.24) is 10.9 Å². The Morgan fingerprint density at radius 3 is 2.91 bits per heavy atom. The first-order valence-corrected chi connectivity index (χ1v) is 7.77. The van der Waals surface area contributed by atoms with E-state index in [0.29, 0.717) is 13.0 Å². The molecule has 3 rings (SSSR count). The summed E-state index contributed by atoms with van der Waals surface area (Å²) >= 11 is 0. The minimum absolute atomic E-state index is 0.219. The number of aryl methyl sites for hydroxylation is 1. The molecule has 0 unspecified atom stereocenters. The van der Waals surface area contributed by atoms with Crippen LogP contribution in [0.15, 0.2) is 24.3 Å². The number of para-hydroxylation sites is 1. The van der Waals surface area contributed by atoms with Crippen molar-refractivity contribution in [2.75, 3.05) is 24.6 Å². The number of benzene rings is 1. The van der Waals surface area contributed by atoms with Crippen molar-refractivity contribution in [1.29, 1.82) is 0 Å². The van der Waals surface area contributed by atoms with Crippen LogP contribution in [0.1, 0.15) is 24.8 Å². The number of fused-ring (bicyclic) bond motifs is 1. The summed E-state index contributed by atoms with van der Waals surface area (Å²) in [7, 11) is 0. The van der Waals surface area contributed by atoms with Crippen molar-refractivity contribution in [3.8, 4) is 0 Å². The Morgan fingerprint density at radius 2 is 2.09 bits per heavy atom. The van der Waals surface area contributed by atoms with Crippen molar-refractivity contribution < 1.29 is 14.3 Å². The summed E-state index contributed by atoms with van der Waals surface area (Å²) in [5.41, 5.74) is 7.30. The third-order valence-corrected chi connectivity index (χ3v) is 4.09. The third kappa shape index (κ3) is 3.39. The molecule has 2 aliphatic heterocycles. The number of hydrazine groups is 1. The van der Waals surface area contributed by atoms with E-state index in [0.717, 1.165) is 31.5 Å². The Kier molecular flexibility index (Phi) is 4.58. The molecule has 0 spiro atoms. The second-order valence-corrected chi connectivity index (χ2v) is 5.69. The summed E-state index contributed by atoms with van der Waals surface area (Å²) < 4.78 is 5.27. The molecule has 0 saturated carbocycles. The van der Waals surface area contributed by atoms with E-state index < -0.39 is 6.10 Å². The van der Waals surface area contributed by atoms with Gasteiger partial charge in [0, 0.05) is 18.8 Å². The molecule has 0 aliphatic carbocycles. The van der Waals surface area contributed by atoms with Crippen LogP contribution < -0.4 is 15.8 Å². The van der Waals surface area contributed by atoms with Gasteiger partial charge in [-0.3, -0.25) is 20.4 Å². The fourth-order valence-electron chi connectivity index (χ4n) is 2.98. The maximum atomic E-state index is 12.0. The SMILES string of the molecule is O=C(CN1CCCc2ccccc21)NNC(=O)[C@H]1CCCO1. The number of carbonyl (C=O) groups is 2. The van der Waals surface area contributed by atoms with Crippen LogP contribution in [0.25, 0.3) is 0 Å². The molecule has 6 heteroatoms. The molecule has 22 heavy (non-hydrogen) atoms. The van der Waals surface area contributed by atoms with E-state index in [9.17, 15) is 9.59 Å². The molecule has 1 fully saturated rings. The summed E-state index contributed by atoms with van der Waals surface area (Å²) in [5, 5.41) is 0. The van der Waals surface area contributed by atoms with Gasteiger partial charge in [0.1, 0.15) is 6.10 Å². The lowest BCUT2D eigenvalue weighted by Gasteiger charge is -2.30. The van der Waals surface area contributed by atoms with Crippen molar-refractivity contribution in [3.63, 3.8) is 0 Å². The van der Waals surface area contributed by atoms with Gasteiger partial charge in [0.25, 0.3) is 11.8 Å².